The van der Waals surface area contributed by atoms with Gasteiger partial charge in [-0.1, -0.05) is 0 Å². The maximum atomic E-state index is 12.8. The van der Waals surface area contributed by atoms with Crippen LogP contribution in [0.15, 0.2) is 40.5 Å². The fraction of sp³-hybridized carbons (Fsp3) is 0.167. The molecule has 8 nitrogen and oxygen atoms in total. The van der Waals surface area contributed by atoms with Crippen molar-refractivity contribution in [2.75, 3.05) is 7.11 Å². The first-order valence-electron chi connectivity index (χ1n) is 7.87. The zero-order valence-corrected chi connectivity index (χ0v) is 14.1. The smallest absolute Gasteiger partial charge is 0.252 e. The first-order chi connectivity index (χ1) is 12.5. The van der Waals surface area contributed by atoms with E-state index in [2.05, 4.69) is 21.3 Å². The number of pyridine rings is 1. The molecule has 0 amide bonds. The van der Waals surface area contributed by atoms with E-state index in [1.54, 1.807) is 32.2 Å². The maximum Gasteiger partial charge on any atom is 0.252 e. The predicted molar refractivity (Wildman–Crippen MR) is 93.7 cm³/mol. The average molecular weight is 349 g/mol. The zero-order valence-electron chi connectivity index (χ0n) is 14.1. The first-order valence-corrected chi connectivity index (χ1v) is 7.87. The highest BCUT2D eigenvalue weighted by molar-refractivity contribution is 5.81. The number of H-pyrrole nitrogens is 2. The average Bonchev–Trinajstić information content (AvgIpc) is 3.00. The van der Waals surface area contributed by atoms with Crippen molar-refractivity contribution in [2.24, 2.45) is 5.73 Å². The minimum atomic E-state index is -0.665. The molecular weight excluding hydrogens is 334 g/mol. The topological polar surface area (TPSA) is 130 Å². The number of ether oxygens (including phenoxy) is 2. The molecule has 0 unspecified atom stereocenters. The molecule has 0 bridgehead atoms. The van der Waals surface area contributed by atoms with Gasteiger partial charge in [0, 0.05) is 27.7 Å². The van der Waals surface area contributed by atoms with Gasteiger partial charge < -0.3 is 20.2 Å². The van der Waals surface area contributed by atoms with Crippen molar-refractivity contribution in [3.05, 3.63) is 62.9 Å². The van der Waals surface area contributed by atoms with Crippen molar-refractivity contribution in [1.82, 2.24) is 15.2 Å². The molecular formula is C18H15N5O3. The van der Waals surface area contributed by atoms with Gasteiger partial charge >= 0.3 is 0 Å². The lowest BCUT2D eigenvalue weighted by Crippen LogP contribution is -2.25. The quantitative estimate of drug-likeness (QED) is 0.646. The Bertz CT molecular complexity index is 1170. The highest BCUT2D eigenvalue weighted by Crippen LogP contribution is 2.41. The number of aromatic nitrogens is 3. The lowest BCUT2D eigenvalue weighted by atomic mass is 9.84. The van der Waals surface area contributed by atoms with Crippen molar-refractivity contribution in [3.63, 3.8) is 0 Å². The maximum absolute atomic E-state index is 12.8. The third kappa shape index (κ3) is 2.22. The van der Waals surface area contributed by atoms with Crippen LogP contribution in [-0.4, -0.2) is 22.3 Å². The van der Waals surface area contributed by atoms with Crippen molar-refractivity contribution >= 4 is 10.9 Å². The number of nitrogens with zero attached hydrogens (tertiary/aromatic N) is 2. The Kier molecular flexibility index (Phi) is 3.44. The number of hydrogen-bond donors (Lipinski definition) is 3. The fourth-order valence-corrected chi connectivity index (χ4v) is 3.25. The highest BCUT2D eigenvalue weighted by atomic mass is 16.5. The van der Waals surface area contributed by atoms with Gasteiger partial charge in [0.1, 0.15) is 17.4 Å². The van der Waals surface area contributed by atoms with E-state index in [1.807, 2.05) is 6.07 Å². The summed E-state index contributed by atoms with van der Waals surface area (Å²) < 4.78 is 10.7. The molecule has 0 saturated carbocycles. The van der Waals surface area contributed by atoms with Crippen LogP contribution in [0.25, 0.3) is 10.9 Å². The number of aromatic amines is 2. The minimum absolute atomic E-state index is 0.0540. The summed E-state index contributed by atoms with van der Waals surface area (Å²) in [6, 6.07) is 9.17. The summed E-state index contributed by atoms with van der Waals surface area (Å²) in [5.74, 6) is 0.218. The first kappa shape index (κ1) is 15.8. The van der Waals surface area contributed by atoms with Crippen LogP contribution < -0.4 is 20.8 Å². The molecule has 0 saturated heterocycles. The molecule has 3 aromatic rings. The monoisotopic (exact) mass is 349 g/mol. The number of nitrogens with one attached hydrogen (secondary N) is 2. The molecule has 0 fully saturated rings. The second-order valence-electron chi connectivity index (χ2n) is 6.00. The molecule has 26 heavy (non-hydrogen) atoms. The third-order valence-electron chi connectivity index (χ3n) is 4.52. The summed E-state index contributed by atoms with van der Waals surface area (Å²) >= 11 is 0. The molecule has 1 aromatic carbocycles. The van der Waals surface area contributed by atoms with Crippen molar-refractivity contribution in [2.45, 2.75) is 12.8 Å². The molecule has 1 aliphatic rings. The van der Waals surface area contributed by atoms with Gasteiger partial charge in [-0.2, -0.15) is 5.26 Å². The van der Waals surface area contributed by atoms with Gasteiger partial charge in [-0.25, -0.2) is 0 Å². The predicted octanol–water partition coefficient (Wildman–Crippen LogP) is 1.79. The fourth-order valence-electron chi connectivity index (χ4n) is 3.25. The number of methoxy groups -OCH3 is 1. The summed E-state index contributed by atoms with van der Waals surface area (Å²) in [6.45, 7) is 1.80. The minimum Gasteiger partial charge on any atom is -0.497 e. The summed E-state index contributed by atoms with van der Waals surface area (Å²) in [5, 5.41) is 17.3. The number of benzene rings is 1. The molecule has 4 N–H and O–H groups in total. The van der Waals surface area contributed by atoms with Crippen LogP contribution in [0.2, 0.25) is 0 Å². The zero-order chi connectivity index (χ0) is 18.4. The van der Waals surface area contributed by atoms with E-state index < -0.39 is 5.92 Å². The number of aryl methyl sites for hydroxylation is 1. The summed E-state index contributed by atoms with van der Waals surface area (Å²) in [5.41, 5.74) is 8.16. The Hall–Kier alpha value is -3.73. The standard InChI is InChI=1S/C18H15N5O3/c1-8-14-15(12(7-19)16(20)26-18(14)23-22-8)11-6-9-5-10(25-2)3-4-13(9)21-17(11)24/h3-6,15H,20H2,1-2H3,(H,21,24)(H,22,23)/t15-/m0/s1. The van der Waals surface area contributed by atoms with Crippen LogP contribution >= 0.6 is 0 Å². The van der Waals surface area contributed by atoms with Crippen molar-refractivity contribution < 1.29 is 9.47 Å². The van der Waals surface area contributed by atoms with E-state index in [-0.39, 0.29) is 22.9 Å². The normalized spacial score (nSPS) is 16.1. The summed E-state index contributed by atoms with van der Waals surface area (Å²) in [6.07, 6.45) is 0. The van der Waals surface area contributed by atoms with Gasteiger partial charge in [0.25, 0.3) is 5.56 Å². The van der Waals surface area contributed by atoms with Gasteiger partial charge in [-0.05, 0) is 31.2 Å². The lowest BCUT2D eigenvalue weighted by molar-refractivity contribution is 0.378. The number of rotatable bonds is 2. The molecule has 1 atom stereocenters. The summed E-state index contributed by atoms with van der Waals surface area (Å²) in [4.78, 5) is 15.6. The Balaban J connectivity index is 2.01. The third-order valence-corrected chi connectivity index (χ3v) is 4.52. The molecule has 2 aromatic heterocycles. The highest BCUT2D eigenvalue weighted by Gasteiger charge is 2.35. The Labute approximate surface area is 147 Å². The van der Waals surface area contributed by atoms with Crippen LogP contribution in [0.5, 0.6) is 11.6 Å². The molecule has 4 rings (SSSR count). The molecule has 3 heterocycles. The van der Waals surface area contributed by atoms with Gasteiger partial charge in [0.2, 0.25) is 11.8 Å². The van der Waals surface area contributed by atoms with Gasteiger partial charge in [0.05, 0.1) is 13.0 Å². The molecule has 0 aliphatic carbocycles. The van der Waals surface area contributed by atoms with E-state index in [1.165, 1.54) is 0 Å². The van der Waals surface area contributed by atoms with Gasteiger partial charge in [-0.3, -0.25) is 9.89 Å². The Morgan fingerprint density at radius 1 is 1.38 bits per heavy atom. The van der Waals surface area contributed by atoms with E-state index in [9.17, 15) is 10.1 Å². The summed E-state index contributed by atoms with van der Waals surface area (Å²) in [7, 11) is 1.57. The van der Waals surface area contributed by atoms with Gasteiger partial charge in [0.15, 0.2) is 0 Å². The lowest BCUT2D eigenvalue weighted by Gasteiger charge is -2.23. The van der Waals surface area contributed by atoms with Crippen LogP contribution in [0.1, 0.15) is 22.7 Å². The van der Waals surface area contributed by atoms with Crippen LogP contribution in [0, 0.1) is 18.3 Å². The van der Waals surface area contributed by atoms with Crippen molar-refractivity contribution in [1.29, 1.82) is 5.26 Å². The Morgan fingerprint density at radius 2 is 2.19 bits per heavy atom. The van der Waals surface area contributed by atoms with Crippen LogP contribution in [0.3, 0.4) is 0 Å². The number of hydrogen-bond acceptors (Lipinski definition) is 6. The van der Waals surface area contributed by atoms with E-state index in [4.69, 9.17) is 15.2 Å². The molecule has 130 valence electrons. The molecule has 0 radical (unpaired) electrons. The van der Waals surface area contributed by atoms with Crippen molar-refractivity contribution in [3.8, 4) is 17.7 Å². The van der Waals surface area contributed by atoms with Crippen LogP contribution in [-0.2, 0) is 0 Å². The largest absolute Gasteiger partial charge is 0.497 e. The molecule has 8 heteroatoms. The number of nitriles is 1. The van der Waals surface area contributed by atoms with Crippen LogP contribution in [0.4, 0.5) is 0 Å². The number of nitrogens with two attached hydrogens (primary N) is 1. The SMILES string of the molecule is COc1ccc2[nH]c(=O)c([C@H]3C(C#N)=C(N)Oc4n[nH]c(C)c43)cc2c1. The second kappa shape index (κ2) is 5.67. The Morgan fingerprint density at radius 3 is 2.92 bits per heavy atom. The molecule has 0 spiro atoms. The number of fused-ring (bicyclic) bond motifs is 2. The van der Waals surface area contributed by atoms with E-state index in [0.717, 1.165) is 5.39 Å². The number of allylic oxidation sites excluding steroid dienone is 1. The van der Waals surface area contributed by atoms with E-state index in [0.29, 0.717) is 28.1 Å². The van der Waals surface area contributed by atoms with E-state index >= 15 is 0 Å². The second-order valence-corrected chi connectivity index (χ2v) is 6.00. The molecule has 1 aliphatic heterocycles. The van der Waals surface area contributed by atoms with Gasteiger partial charge in [-0.15, -0.1) is 5.10 Å².